The van der Waals surface area contributed by atoms with Gasteiger partial charge in [0.15, 0.2) is 0 Å². The van der Waals surface area contributed by atoms with E-state index in [0.717, 1.165) is 17.1 Å². The van der Waals surface area contributed by atoms with Gasteiger partial charge in [-0.3, -0.25) is 0 Å². The van der Waals surface area contributed by atoms with Crippen LogP contribution in [0.15, 0.2) is 24.3 Å². The van der Waals surface area contributed by atoms with Crippen LogP contribution in [0.25, 0.3) is 0 Å². The van der Waals surface area contributed by atoms with Gasteiger partial charge in [0.1, 0.15) is 5.75 Å². The first-order valence-electron chi connectivity index (χ1n) is 7.57. The predicted molar refractivity (Wildman–Crippen MR) is 88.3 cm³/mol. The van der Waals surface area contributed by atoms with E-state index >= 15 is 0 Å². The van der Waals surface area contributed by atoms with Crippen molar-refractivity contribution < 1.29 is 4.74 Å². The van der Waals surface area contributed by atoms with Gasteiger partial charge in [0, 0.05) is 5.30 Å². The number of benzene rings is 1. The third kappa shape index (κ3) is 4.49. The van der Waals surface area contributed by atoms with Gasteiger partial charge in [0.05, 0.1) is 7.11 Å². The second kappa shape index (κ2) is 8.59. The van der Waals surface area contributed by atoms with Gasteiger partial charge in [-0.15, -0.1) is 0 Å². The zero-order valence-electron chi connectivity index (χ0n) is 13.1. The second-order valence-corrected chi connectivity index (χ2v) is 8.41. The van der Waals surface area contributed by atoms with Crippen molar-refractivity contribution in [3.05, 3.63) is 24.3 Å². The zero-order chi connectivity index (χ0) is 14.3. The van der Waals surface area contributed by atoms with Crippen molar-refractivity contribution in [2.75, 3.05) is 7.11 Å². The van der Waals surface area contributed by atoms with Crippen LogP contribution in [-0.4, -0.2) is 18.4 Å². The highest BCUT2D eigenvalue weighted by atomic mass is 31.1. The first-order valence-corrected chi connectivity index (χ1v) is 9.05. The van der Waals surface area contributed by atoms with E-state index in [1.165, 1.54) is 31.0 Å². The quantitative estimate of drug-likeness (QED) is 0.596. The molecule has 0 spiro atoms. The maximum absolute atomic E-state index is 5.60. The van der Waals surface area contributed by atoms with Gasteiger partial charge in [-0.1, -0.05) is 66.7 Å². The second-order valence-electron chi connectivity index (χ2n) is 5.35. The molecule has 1 aromatic carbocycles. The molecule has 0 saturated carbocycles. The fourth-order valence-electron chi connectivity index (χ4n) is 2.87. The van der Waals surface area contributed by atoms with Gasteiger partial charge < -0.3 is 4.74 Å². The highest BCUT2D eigenvalue weighted by molar-refractivity contribution is 7.67. The van der Waals surface area contributed by atoms with Gasteiger partial charge >= 0.3 is 0 Å². The first-order chi connectivity index (χ1) is 9.15. The van der Waals surface area contributed by atoms with Crippen molar-refractivity contribution in [3.8, 4) is 5.75 Å². The lowest BCUT2D eigenvalue weighted by molar-refractivity contribution is 0.418. The Morgan fingerprint density at radius 3 is 2.00 bits per heavy atom. The molecular formula is C17H29OP. The molecule has 108 valence electrons. The van der Waals surface area contributed by atoms with E-state index in [1.807, 2.05) is 0 Å². The number of hydrogen-bond donors (Lipinski definition) is 0. The number of methoxy groups -OCH3 is 1. The fourth-order valence-corrected chi connectivity index (χ4v) is 6.44. The molecule has 0 aliphatic carbocycles. The molecule has 0 heterocycles. The smallest absolute Gasteiger partial charge is 0.126 e. The summed E-state index contributed by atoms with van der Waals surface area (Å²) in [5, 5.41) is 1.46. The van der Waals surface area contributed by atoms with E-state index in [1.54, 1.807) is 7.11 Å². The molecule has 2 unspecified atom stereocenters. The highest BCUT2D eigenvalue weighted by Gasteiger charge is 2.26. The third-order valence-corrected chi connectivity index (χ3v) is 7.07. The Morgan fingerprint density at radius 2 is 1.53 bits per heavy atom. The Morgan fingerprint density at radius 1 is 1.00 bits per heavy atom. The Bertz CT molecular complexity index is 352. The summed E-state index contributed by atoms with van der Waals surface area (Å²) < 4.78 is 5.60. The van der Waals surface area contributed by atoms with Gasteiger partial charge in [-0.2, -0.15) is 0 Å². The van der Waals surface area contributed by atoms with Crippen molar-refractivity contribution >= 4 is 13.2 Å². The summed E-state index contributed by atoms with van der Waals surface area (Å²) in [6, 6.07) is 8.63. The molecular weight excluding hydrogens is 251 g/mol. The van der Waals surface area contributed by atoms with Crippen LogP contribution in [0.4, 0.5) is 0 Å². The lowest BCUT2D eigenvalue weighted by Gasteiger charge is -2.31. The van der Waals surface area contributed by atoms with Gasteiger partial charge in [-0.05, 0) is 30.2 Å². The van der Waals surface area contributed by atoms with Crippen LogP contribution in [-0.2, 0) is 0 Å². The van der Waals surface area contributed by atoms with Gasteiger partial charge in [0.2, 0.25) is 0 Å². The van der Waals surface area contributed by atoms with Crippen LogP contribution < -0.4 is 10.0 Å². The normalized spacial score (nSPS) is 15.8. The third-order valence-electron chi connectivity index (χ3n) is 3.73. The number of ether oxygens (including phenoxy) is 1. The van der Waals surface area contributed by atoms with Gasteiger partial charge in [0.25, 0.3) is 0 Å². The minimum Gasteiger partial charge on any atom is -0.496 e. The van der Waals surface area contributed by atoms with Crippen molar-refractivity contribution in [1.82, 2.24) is 0 Å². The van der Waals surface area contributed by atoms with Crippen LogP contribution in [0, 0.1) is 0 Å². The molecule has 0 aliphatic heterocycles. The molecule has 0 bridgehead atoms. The van der Waals surface area contributed by atoms with Crippen molar-refractivity contribution in [2.24, 2.45) is 0 Å². The topological polar surface area (TPSA) is 9.23 Å². The van der Waals surface area contributed by atoms with E-state index < -0.39 is 0 Å². The first kappa shape index (κ1) is 16.5. The summed E-state index contributed by atoms with van der Waals surface area (Å²) >= 11 is 0. The fraction of sp³-hybridized carbons (Fsp3) is 0.647. The molecule has 0 saturated heterocycles. The molecule has 2 heteroatoms. The summed E-state index contributed by atoms with van der Waals surface area (Å²) in [5.41, 5.74) is 1.55. The van der Waals surface area contributed by atoms with E-state index in [4.69, 9.17) is 4.74 Å². The molecule has 0 radical (unpaired) electrons. The zero-order valence-corrected chi connectivity index (χ0v) is 14.0. The molecule has 1 nitrogen and oxygen atoms in total. The highest BCUT2D eigenvalue weighted by Crippen LogP contribution is 2.50. The number of hydrogen-bond acceptors (Lipinski definition) is 1. The van der Waals surface area contributed by atoms with Gasteiger partial charge in [-0.25, -0.2) is 0 Å². The van der Waals surface area contributed by atoms with Crippen LogP contribution in [0.3, 0.4) is 0 Å². The SMILES string of the molecule is CCCC(C)P(c1ccccc1OC)C(C)CCC. The molecule has 1 rings (SSSR count). The maximum atomic E-state index is 5.60. The Balaban J connectivity index is 3.07. The van der Waals surface area contributed by atoms with E-state index in [0.29, 0.717) is 0 Å². The van der Waals surface area contributed by atoms with Crippen molar-refractivity contribution in [3.63, 3.8) is 0 Å². The molecule has 0 fully saturated rings. The van der Waals surface area contributed by atoms with E-state index in [-0.39, 0.29) is 7.92 Å². The standard InChI is InChI=1S/C17H29OP/c1-6-10-14(3)19(15(4)11-7-2)17-13-9-8-12-16(17)18-5/h8-9,12-15H,6-7,10-11H2,1-5H3. The summed E-state index contributed by atoms with van der Waals surface area (Å²) in [4.78, 5) is 0. The molecule has 19 heavy (non-hydrogen) atoms. The lowest BCUT2D eigenvalue weighted by Crippen LogP contribution is -2.20. The van der Waals surface area contributed by atoms with Crippen molar-refractivity contribution in [1.29, 1.82) is 0 Å². The summed E-state index contributed by atoms with van der Waals surface area (Å²) in [6.45, 7) is 9.43. The average Bonchev–Trinajstić information content (AvgIpc) is 2.40. The van der Waals surface area contributed by atoms with Crippen molar-refractivity contribution in [2.45, 2.75) is 64.7 Å². The summed E-state index contributed by atoms with van der Waals surface area (Å²) in [7, 11) is 1.65. The molecule has 0 N–H and O–H groups in total. The molecule has 0 aliphatic rings. The van der Waals surface area contributed by atoms with Crippen LogP contribution in [0.2, 0.25) is 0 Å². The Kier molecular flexibility index (Phi) is 7.46. The minimum atomic E-state index is -0.142. The van der Waals surface area contributed by atoms with Crippen LogP contribution >= 0.6 is 7.92 Å². The summed E-state index contributed by atoms with van der Waals surface area (Å²) in [6.07, 6.45) is 5.18. The Labute approximate surface area is 120 Å². The van der Waals surface area contributed by atoms with Crippen LogP contribution in [0.1, 0.15) is 53.4 Å². The lowest BCUT2D eigenvalue weighted by atomic mass is 10.3. The minimum absolute atomic E-state index is 0.142. The van der Waals surface area contributed by atoms with E-state index in [9.17, 15) is 0 Å². The van der Waals surface area contributed by atoms with E-state index in [2.05, 4.69) is 52.0 Å². The van der Waals surface area contributed by atoms with Crippen LogP contribution in [0.5, 0.6) is 5.75 Å². The Hall–Kier alpha value is -0.550. The maximum Gasteiger partial charge on any atom is 0.126 e. The molecule has 0 amide bonds. The monoisotopic (exact) mass is 280 g/mol. The molecule has 0 aromatic heterocycles. The average molecular weight is 280 g/mol. The summed E-state index contributed by atoms with van der Waals surface area (Å²) in [5.74, 6) is 1.08. The number of para-hydroxylation sites is 1. The molecule has 1 aromatic rings. The number of rotatable bonds is 8. The predicted octanol–water partition coefficient (Wildman–Crippen LogP) is 5.18. The largest absolute Gasteiger partial charge is 0.496 e. The molecule has 2 atom stereocenters.